The molecule has 31 heavy (non-hydrogen) atoms. The third-order valence-corrected chi connectivity index (χ3v) is 4.93. The van der Waals surface area contributed by atoms with Crippen LogP contribution in [-0.2, 0) is 6.42 Å². The maximum Gasteiger partial charge on any atom is 0.324 e. The molecule has 6 heteroatoms. The van der Waals surface area contributed by atoms with E-state index in [0.29, 0.717) is 5.82 Å². The van der Waals surface area contributed by atoms with Crippen molar-refractivity contribution >= 4 is 17.5 Å². The van der Waals surface area contributed by atoms with Crippen molar-refractivity contribution in [2.75, 3.05) is 10.6 Å². The van der Waals surface area contributed by atoms with Gasteiger partial charge in [0.2, 0.25) is 0 Å². The molecule has 156 valence electrons. The van der Waals surface area contributed by atoms with Gasteiger partial charge in [0.15, 0.2) is 0 Å². The van der Waals surface area contributed by atoms with E-state index in [-0.39, 0.29) is 11.9 Å². The van der Waals surface area contributed by atoms with Gasteiger partial charge in [-0.1, -0.05) is 44.2 Å². The van der Waals surface area contributed by atoms with Crippen LogP contribution in [-0.4, -0.2) is 20.8 Å². The van der Waals surface area contributed by atoms with Crippen molar-refractivity contribution in [3.63, 3.8) is 0 Å². The van der Waals surface area contributed by atoms with Crippen LogP contribution in [0.4, 0.5) is 16.3 Å². The number of hydrogen-bond acceptors (Lipinski definition) is 3. The normalized spacial score (nSPS) is 10.8. The number of carbonyl (C=O) groups is 1. The number of pyridine rings is 1. The van der Waals surface area contributed by atoms with Crippen LogP contribution in [0.1, 0.15) is 36.6 Å². The third kappa shape index (κ3) is 5.17. The zero-order chi connectivity index (χ0) is 21.6. The van der Waals surface area contributed by atoms with E-state index in [1.165, 1.54) is 11.1 Å². The highest BCUT2D eigenvalue weighted by Gasteiger charge is 2.14. The molecule has 0 fully saturated rings. The van der Waals surface area contributed by atoms with E-state index in [1.54, 1.807) is 17.1 Å². The summed E-state index contributed by atoms with van der Waals surface area (Å²) in [5.41, 5.74) is 4.90. The molecule has 0 aliphatic carbocycles. The number of rotatable bonds is 6. The molecule has 4 aromatic rings. The summed E-state index contributed by atoms with van der Waals surface area (Å²) in [5, 5.41) is 10.5. The highest BCUT2D eigenvalue weighted by molar-refractivity contribution is 5.99. The Morgan fingerprint density at radius 2 is 1.58 bits per heavy atom. The van der Waals surface area contributed by atoms with Gasteiger partial charge in [0.05, 0.1) is 11.4 Å². The lowest BCUT2D eigenvalue weighted by molar-refractivity contribution is 0.262. The average Bonchev–Trinajstić information content (AvgIpc) is 3.20. The number of aromatic nitrogens is 3. The predicted octanol–water partition coefficient (Wildman–Crippen LogP) is 5.63. The second kappa shape index (κ2) is 9.26. The number of urea groups is 1. The summed E-state index contributed by atoms with van der Waals surface area (Å²) in [6, 6.07) is 23.2. The Kier molecular flexibility index (Phi) is 6.08. The summed E-state index contributed by atoms with van der Waals surface area (Å²) in [6.07, 6.45) is 4.41. The zero-order valence-corrected chi connectivity index (χ0v) is 17.6. The molecule has 2 aromatic carbocycles. The molecule has 0 spiro atoms. The van der Waals surface area contributed by atoms with Crippen molar-refractivity contribution in [3.05, 3.63) is 102 Å². The zero-order valence-electron chi connectivity index (χ0n) is 17.6. The molecule has 2 N–H and O–H groups in total. The number of nitrogens with one attached hydrogen (secondary N) is 2. The number of carbonyl (C=O) groups excluding carboxylic acids is 1. The van der Waals surface area contributed by atoms with Crippen LogP contribution in [0, 0.1) is 0 Å². The largest absolute Gasteiger partial charge is 0.324 e. The minimum absolute atomic E-state index is 0.251. The SMILES string of the molecule is CC(C)c1cc(NC(=O)Nc2ccc(Cc3ccncc3)cc2)n(-c2ccccc2)n1. The molecule has 0 atom stereocenters. The third-order valence-electron chi connectivity index (χ3n) is 4.93. The van der Waals surface area contributed by atoms with Crippen LogP contribution in [0.25, 0.3) is 5.69 Å². The lowest BCUT2D eigenvalue weighted by Crippen LogP contribution is -2.21. The number of nitrogens with zero attached hydrogens (tertiary/aromatic N) is 3. The van der Waals surface area contributed by atoms with E-state index in [1.807, 2.05) is 72.8 Å². The van der Waals surface area contributed by atoms with Crippen molar-refractivity contribution < 1.29 is 4.79 Å². The Morgan fingerprint density at radius 1 is 0.903 bits per heavy atom. The summed E-state index contributed by atoms with van der Waals surface area (Å²) in [6.45, 7) is 4.16. The van der Waals surface area contributed by atoms with Crippen LogP contribution in [0.2, 0.25) is 0 Å². The summed E-state index contributed by atoms with van der Waals surface area (Å²) in [4.78, 5) is 16.7. The molecule has 2 heterocycles. The van der Waals surface area contributed by atoms with Crippen LogP contribution < -0.4 is 10.6 Å². The van der Waals surface area contributed by atoms with Gasteiger partial charge < -0.3 is 5.32 Å². The summed E-state index contributed by atoms with van der Waals surface area (Å²) in [7, 11) is 0. The quantitative estimate of drug-likeness (QED) is 0.432. The number of anilines is 2. The van der Waals surface area contributed by atoms with Gasteiger partial charge in [0.25, 0.3) is 0 Å². The molecule has 2 amide bonds. The van der Waals surface area contributed by atoms with Crippen LogP contribution >= 0.6 is 0 Å². The van der Waals surface area contributed by atoms with Crippen molar-refractivity contribution in [2.45, 2.75) is 26.2 Å². The van der Waals surface area contributed by atoms with E-state index in [9.17, 15) is 4.79 Å². The van der Waals surface area contributed by atoms with Crippen molar-refractivity contribution in [2.24, 2.45) is 0 Å². The minimum Gasteiger partial charge on any atom is -0.308 e. The predicted molar refractivity (Wildman–Crippen MR) is 124 cm³/mol. The van der Waals surface area contributed by atoms with Gasteiger partial charge in [-0.3, -0.25) is 10.3 Å². The number of amides is 2. The van der Waals surface area contributed by atoms with Gasteiger partial charge in [0.1, 0.15) is 5.82 Å². The molecular weight excluding hydrogens is 386 g/mol. The van der Waals surface area contributed by atoms with Gasteiger partial charge >= 0.3 is 6.03 Å². The molecule has 4 rings (SSSR count). The molecule has 0 aliphatic heterocycles. The van der Waals surface area contributed by atoms with Gasteiger partial charge in [-0.2, -0.15) is 5.10 Å². The monoisotopic (exact) mass is 411 g/mol. The van der Waals surface area contributed by atoms with E-state index in [0.717, 1.165) is 23.5 Å². The van der Waals surface area contributed by atoms with Gasteiger partial charge in [-0.15, -0.1) is 0 Å². The van der Waals surface area contributed by atoms with E-state index < -0.39 is 0 Å². The fraction of sp³-hybridized carbons (Fsp3) is 0.160. The summed E-state index contributed by atoms with van der Waals surface area (Å²) < 4.78 is 1.76. The first-order valence-corrected chi connectivity index (χ1v) is 10.3. The minimum atomic E-state index is -0.311. The van der Waals surface area contributed by atoms with E-state index >= 15 is 0 Å². The van der Waals surface area contributed by atoms with E-state index in [2.05, 4.69) is 34.6 Å². The second-order valence-electron chi connectivity index (χ2n) is 7.66. The summed E-state index contributed by atoms with van der Waals surface area (Å²) >= 11 is 0. The maximum atomic E-state index is 12.7. The first-order chi connectivity index (χ1) is 15.1. The van der Waals surface area contributed by atoms with Crippen LogP contribution in [0.5, 0.6) is 0 Å². The Bertz CT molecular complexity index is 1140. The molecule has 0 unspecified atom stereocenters. The lowest BCUT2D eigenvalue weighted by atomic mass is 10.1. The molecule has 0 bridgehead atoms. The standard InChI is InChI=1S/C25H25N5O/c1-18(2)23-17-24(30(29-23)22-6-4-3-5-7-22)28-25(31)27-21-10-8-19(9-11-21)16-20-12-14-26-15-13-20/h3-15,17-18H,16H2,1-2H3,(H2,27,28,31). The Balaban J connectivity index is 1.45. The first kappa shape index (κ1) is 20.3. The van der Waals surface area contributed by atoms with Crippen molar-refractivity contribution in [1.29, 1.82) is 0 Å². The average molecular weight is 412 g/mol. The molecule has 0 saturated carbocycles. The maximum absolute atomic E-state index is 12.7. The number of benzene rings is 2. The van der Waals surface area contributed by atoms with Gasteiger partial charge in [-0.05, 0) is 59.9 Å². The lowest BCUT2D eigenvalue weighted by Gasteiger charge is -2.10. The fourth-order valence-electron chi connectivity index (χ4n) is 3.26. The van der Waals surface area contributed by atoms with Gasteiger partial charge in [-0.25, -0.2) is 9.48 Å². The molecule has 2 aromatic heterocycles. The molecular formula is C25H25N5O. The molecule has 0 aliphatic rings. The Morgan fingerprint density at radius 3 is 2.26 bits per heavy atom. The Hall–Kier alpha value is -3.93. The highest BCUT2D eigenvalue weighted by Crippen LogP contribution is 2.22. The second-order valence-corrected chi connectivity index (χ2v) is 7.66. The van der Waals surface area contributed by atoms with Crippen molar-refractivity contribution in [1.82, 2.24) is 14.8 Å². The highest BCUT2D eigenvalue weighted by atomic mass is 16.2. The molecule has 6 nitrogen and oxygen atoms in total. The van der Waals surface area contributed by atoms with E-state index in [4.69, 9.17) is 0 Å². The van der Waals surface area contributed by atoms with Gasteiger partial charge in [0, 0.05) is 24.1 Å². The van der Waals surface area contributed by atoms with Crippen LogP contribution in [0.3, 0.4) is 0 Å². The molecule has 0 radical (unpaired) electrons. The van der Waals surface area contributed by atoms with Crippen molar-refractivity contribution in [3.8, 4) is 5.69 Å². The fourth-order valence-corrected chi connectivity index (χ4v) is 3.26. The smallest absolute Gasteiger partial charge is 0.308 e. The molecule has 0 saturated heterocycles. The number of hydrogen-bond donors (Lipinski definition) is 2. The summed E-state index contributed by atoms with van der Waals surface area (Å²) in [5.74, 6) is 0.878. The topological polar surface area (TPSA) is 71.8 Å². The number of para-hydroxylation sites is 1. The Labute approximate surface area is 182 Å². The first-order valence-electron chi connectivity index (χ1n) is 10.3. The van der Waals surface area contributed by atoms with Crippen LogP contribution in [0.15, 0.2) is 85.2 Å².